The molecule has 0 unspecified atom stereocenters. The number of morpholine rings is 1. The van der Waals surface area contributed by atoms with E-state index >= 15 is 0 Å². The van der Waals surface area contributed by atoms with Crippen molar-refractivity contribution in [2.75, 3.05) is 44.2 Å². The maximum Gasteiger partial charge on any atom is 0.242 e. The smallest absolute Gasteiger partial charge is 0.242 e. The SMILES string of the molecule is Cc1nc(N2CCN(C(=O)[C@H]3NCCO[C@@H]3C)CC2)c2cnn(C)c2n1.Cl.Cl. The molecule has 1 amide bonds. The number of hydrogen-bond acceptors (Lipinski definition) is 7. The van der Waals surface area contributed by atoms with Crippen LogP contribution in [0.2, 0.25) is 0 Å². The van der Waals surface area contributed by atoms with Gasteiger partial charge in [0.05, 0.1) is 24.3 Å². The zero-order valence-electron chi connectivity index (χ0n) is 16.3. The van der Waals surface area contributed by atoms with Gasteiger partial charge < -0.3 is 19.9 Å². The molecule has 2 aromatic rings. The summed E-state index contributed by atoms with van der Waals surface area (Å²) >= 11 is 0. The number of hydrogen-bond donors (Lipinski definition) is 1. The molecule has 2 saturated heterocycles. The number of amides is 1. The van der Waals surface area contributed by atoms with Gasteiger partial charge in [0.15, 0.2) is 5.65 Å². The van der Waals surface area contributed by atoms with Crippen LogP contribution in [0.3, 0.4) is 0 Å². The van der Waals surface area contributed by atoms with Crippen LogP contribution in [-0.4, -0.2) is 82.0 Å². The number of nitrogens with zero attached hydrogens (tertiary/aromatic N) is 6. The number of carbonyl (C=O) groups is 1. The summed E-state index contributed by atoms with van der Waals surface area (Å²) in [6.07, 6.45) is 1.72. The number of carbonyl (C=O) groups excluding carboxylic acids is 1. The molecule has 4 rings (SSSR count). The molecule has 0 aromatic carbocycles. The summed E-state index contributed by atoms with van der Waals surface area (Å²) in [5, 5.41) is 8.54. The molecule has 0 radical (unpaired) electrons. The molecule has 2 atom stereocenters. The average molecular weight is 432 g/mol. The van der Waals surface area contributed by atoms with E-state index in [4.69, 9.17) is 4.74 Å². The van der Waals surface area contributed by atoms with Crippen LogP contribution in [0.5, 0.6) is 0 Å². The molecule has 0 spiro atoms. The van der Waals surface area contributed by atoms with Crippen LogP contribution >= 0.6 is 24.8 Å². The van der Waals surface area contributed by atoms with Gasteiger partial charge in [-0.05, 0) is 13.8 Å². The molecule has 1 N–H and O–H groups in total. The van der Waals surface area contributed by atoms with Gasteiger partial charge >= 0.3 is 0 Å². The van der Waals surface area contributed by atoms with Crippen molar-refractivity contribution in [3.05, 3.63) is 12.0 Å². The minimum atomic E-state index is -0.248. The first kappa shape index (κ1) is 22.6. The summed E-state index contributed by atoms with van der Waals surface area (Å²) in [4.78, 5) is 26.1. The Hall–Kier alpha value is -1.68. The molecule has 4 heterocycles. The first-order valence-corrected chi connectivity index (χ1v) is 9.09. The predicted octanol–water partition coefficient (Wildman–Crippen LogP) is 0.541. The predicted molar refractivity (Wildman–Crippen MR) is 112 cm³/mol. The largest absolute Gasteiger partial charge is 0.375 e. The van der Waals surface area contributed by atoms with E-state index in [2.05, 4.69) is 25.3 Å². The van der Waals surface area contributed by atoms with E-state index in [1.807, 2.05) is 32.0 Å². The number of aryl methyl sites for hydroxylation is 2. The Bertz CT molecular complexity index is 823. The molecule has 9 nitrogen and oxygen atoms in total. The molecule has 156 valence electrons. The van der Waals surface area contributed by atoms with Crippen LogP contribution in [0, 0.1) is 6.92 Å². The number of piperazine rings is 1. The topological polar surface area (TPSA) is 88.4 Å². The molecular formula is C17H27Cl2N7O2. The first-order chi connectivity index (χ1) is 12.5. The van der Waals surface area contributed by atoms with Crippen molar-refractivity contribution in [2.24, 2.45) is 7.05 Å². The van der Waals surface area contributed by atoms with E-state index in [0.717, 1.165) is 42.3 Å². The fraction of sp³-hybridized carbons (Fsp3) is 0.647. The molecule has 2 aromatic heterocycles. The average Bonchev–Trinajstić information content (AvgIpc) is 3.02. The number of halogens is 2. The zero-order chi connectivity index (χ0) is 18.3. The Morgan fingerprint density at radius 1 is 1.21 bits per heavy atom. The van der Waals surface area contributed by atoms with Gasteiger partial charge in [-0.25, -0.2) is 9.97 Å². The molecule has 11 heteroatoms. The van der Waals surface area contributed by atoms with Crippen molar-refractivity contribution in [2.45, 2.75) is 26.0 Å². The van der Waals surface area contributed by atoms with Crippen molar-refractivity contribution < 1.29 is 9.53 Å². The molecule has 0 aliphatic carbocycles. The Morgan fingerprint density at radius 2 is 1.93 bits per heavy atom. The maximum atomic E-state index is 12.8. The Kier molecular flexibility index (Phi) is 7.44. The molecule has 2 aliphatic heterocycles. The summed E-state index contributed by atoms with van der Waals surface area (Å²) in [5.74, 6) is 1.76. The third-order valence-corrected chi connectivity index (χ3v) is 5.16. The molecule has 28 heavy (non-hydrogen) atoms. The van der Waals surface area contributed by atoms with Gasteiger partial charge in [0.25, 0.3) is 0 Å². The lowest BCUT2D eigenvalue weighted by molar-refractivity contribution is -0.139. The van der Waals surface area contributed by atoms with Gasteiger partial charge in [0.2, 0.25) is 5.91 Å². The van der Waals surface area contributed by atoms with Gasteiger partial charge in [-0.2, -0.15) is 5.10 Å². The lowest BCUT2D eigenvalue weighted by Crippen LogP contribution is -2.59. The van der Waals surface area contributed by atoms with Crippen LogP contribution in [-0.2, 0) is 16.6 Å². The van der Waals surface area contributed by atoms with Crippen molar-refractivity contribution in [1.29, 1.82) is 0 Å². The maximum absolute atomic E-state index is 12.8. The third kappa shape index (κ3) is 4.17. The van der Waals surface area contributed by atoms with Crippen LogP contribution in [0.15, 0.2) is 6.20 Å². The minimum Gasteiger partial charge on any atom is -0.375 e. The van der Waals surface area contributed by atoms with Crippen LogP contribution in [0.25, 0.3) is 11.0 Å². The molecule has 0 saturated carbocycles. The van der Waals surface area contributed by atoms with E-state index in [9.17, 15) is 4.79 Å². The van der Waals surface area contributed by atoms with Gasteiger partial charge in [-0.3, -0.25) is 9.48 Å². The number of aromatic nitrogens is 4. The number of nitrogens with one attached hydrogen (secondary N) is 1. The van der Waals surface area contributed by atoms with Crippen LogP contribution in [0.1, 0.15) is 12.7 Å². The van der Waals surface area contributed by atoms with Gasteiger partial charge in [0.1, 0.15) is 17.7 Å². The summed E-state index contributed by atoms with van der Waals surface area (Å²) in [6, 6.07) is -0.248. The lowest BCUT2D eigenvalue weighted by atomic mass is 10.1. The van der Waals surface area contributed by atoms with E-state index in [1.54, 1.807) is 4.68 Å². The molecule has 0 bridgehead atoms. The van der Waals surface area contributed by atoms with E-state index in [0.29, 0.717) is 19.7 Å². The van der Waals surface area contributed by atoms with E-state index in [1.165, 1.54) is 0 Å². The van der Waals surface area contributed by atoms with Crippen molar-refractivity contribution in [1.82, 2.24) is 30.0 Å². The Labute approximate surface area is 176 Å². The molecular weight excluding hydrogens is 405 g/mol. The summed E-state index contributed by atoms with van der Waals surface area (Å²) in [5.41, 5.74) is 0.836. The summed E-state index contributed by atoms with van der Waals surface area (Å²) in [7, 11) is 1.88. The Morgan fingerprint density at radius 3 is 2.61 bits per heavy atom. The minimum absolute atomic E-state index is 0. The third-order valence-electron chi connectivity index (χ3n) is 5.16. The number of anilines is 1. The second kappa shape index (κ2) is 9.21. The van der Waals surface area contributed by atoms with Crippen molar-refractivity contribution >= 4 is 47.6 Å². The molecule has 2 fully saturated rings. The zero-order valence-corrected chi connectivity index (χ0v) is 17.9. The van der Waals surface area contributed by atoms with Gasteiger partial charge in [0, 0.05) is 39.8 Å². The fourth-order valence-electron chi connectivity index (χ4n) is 3.70. The number of fused-ring (bicyclic) bond motifs is 1. The van der Waals surface area contributed by atoms with E-state index in [-0.39, 0.29) is 42.9 Å². The molecule has 2 aliphatic rings. The fourth-order valence-corrected chi connectivity index (χ4v) is 3.70. The highest BCUT2D eigenvalue weighted by Gasteiger charge is 2.33. The number of rotatable bonds is 2. The van der Waals surface area contributed by atoms with Gasteiger partial charge in [-0.1, -0.05) is 0 Å². The van der Waals surface area contributed by atoms with E-state index < -0.39 is 0 Å². The summed E-state index contributed by atoms with van der Waals surface area (Å²) in [6.45, 7) is 8.07. The normalized spacial score (nSPS) is 22.5. The quantitative estimate of drug-likeness (QED) is 0.741. The second-order valence-corrected chi connectivity index (χ2v) is 6.92. The standard InChI is InChI=1S/C17H25N7O2.2ClH/c1-11-14(18-4-9-26-11)17(25)24-7-5-23(6-8-24)16-13-10-19-22(3)15(13)20-12(2)21-16;;/h10-11,14,18H,4-9H2,1-3H3;2*1H/t11-,14+;;/m1../s1. The highest BCUT2D eigenvalue weighted by atomic mass is 35.5. The monoisotopic (exact) mass is 431 g/mol. The number of ether oxygens (including phenoxy) is 1. The second-order valence-electron chi connectivity index (χ2n) is 6.92. The van der Waals surface area contributed by atoms with Crippen LogP contribution < -0.4 is 10.2 Å². The highest BCUT2D eigenvalue weighted by molar-refractivity contribution is 5.87. The van der Waals surface area contributed by atoms with Gasteiger partial charge in [-0.15, -0.1) is 24.8 Å². The van der Waals surface area contributed by atoms with Crippen LogP contribution in [0.4, 0.5) is 5.82 Å². The summed E-state index contributed by atoms with van der Waals surface area (Å²) < 4.78 is 7.38. The van der Waals surface area contributed by atoms with Crippen molar-refractivity contribution in [3.8, 4) is 0 Å². The Balaban J connectivity index is 0.00000140. The lowest BCUT2D eigenvalue weighted by Gasteiger charge is -2.39. The first-order valence-electron chi connectivity index (χ1n) is 9.09. The highest BCUT2D eigenvalue weighted by Crippen LogP contribution is 2.24. The van der Waals surface area contributed by atoms with Crippen molar-refractivity contribution in [3.63, 3.8) is 0 Å².